The number of likely N-dealkylation sites (N-methyl/N-ethyl adjacent to an activating group) is 1. The number of nitrogens with zero attached hydrogens (tertiary/aromatic N) is 2. The Morgan fingerprint density at radius 3 is 2.47 bits per heavy atom. The normalized spacial score (nSPS) is 19.6. The largest absolute Gasteiger partial charge is 0.358 e. The van der Waals surface area contributed by atoms with E-state index in [-0.39, 0.29) is 24.9 Å². The Bertz CT molecular complexity index is 271. The van der Waals surface area contributed by atoms with Gasteiger partial charge in [0, 0.05) is 26.1 Å². The first-order valence-electron chi connectivity index (χ1n) is 6.91. The van der Waals surface area contributed by atoms with Gasteiger partial charge in [-0.25, -0.2) is 4.39 Å². The number of carbonyl (C=O) groups excluding carboxylic acids is 1. The molecule has 0 spiro atoms. The Kier molecular flexibility index (Phi) is 7.23. The van der Waals surface area contributed by atoms with Crippen molar-refractivity contribution < 1.29 is 13.6 Å². The minimum Gasteiger partial charge on any atom is -0.358 e. The molecule has 112 valence electrons. The molecule has 1 aliphatic rings. The summed E-state index contributed by atoms with van der Waals surface area (Å²) in [6, 6.07) is -0.389. The fourth-order valence-corrected chi connectivity index (χ4v) is 2.73. The zero-order valence-corrected chi connectivity index (χ0v) is 11.9. The molecule has 0 saturated carbocycles. The van der Waals surface area contributed by atoms with Crippen LogP contribution in [0, 0.1) is 0 Å². The van der Waals surface area contributed by atoms with E-state index in [1.165, 1.54) is 7.05 Å². The van der Waals surface area contributed by atoms with Crippen LogP contribution in [-0.2, 0) is 4.79 Å². The molecule has 1 fully saturated rings. The maximum Gasteiger partial charge on any atom is 0.237 e. The van der Waals surface area contributed by atoms with E-state index in [0.717, 1.165) is 25.9 Å². The minimum atomic E-state index is -0.562. The summed E-state index contributed by atoms with van der Waals surface area (Å²) in [6.45, 7) is 0.999. The fourth-order valence-electron chi connectivity index (χ4n) is 2.73. The predicted molar refractivity (Wildman–Crippen MR) is 71.6 cm³/mol. The van der Waals surface area contributed by atoms with Crippen molar-refractivity contribution in [3.8, 4) is 0 Å². The number of halogens is 2. The van der Waals surface area contributed by atoms with Crippen molar-refractivity contribution >= 4 is 5.91 Å². The van der Waals surface area contributed by atoms with E-state index in [0.29, 0.717) is 0 Å². The number of rotatable bonds is 7. The SMILES string of the molecule is CNC(=O)[C@H](CCF)N(CCF)C1CCN(C)CC1. The Balaban J connectivity index is 2.74. The van der Waals surface area contributed by atoms with Gasteiger partial charge < -0.3 is 10.2 Å². The lowest BCUT2D eigenvalue weighted by molar-refractivity contribution is -0.128. The molecule has 0 aromatic carbocycles. The molecule has 0 aromatic heterocycles. The smallest absolute Gasteiger partial charge is 0.237 e. The first-order valence-corrected chi connectivity index (χ1v) is 6.91. The highest BCUT2D eigenvalue weighted by atomic mass is 19.1. The van der Waals surface area contributed by atoms with E-state index in [1.807, 2.05) is 11.9 Å². The van der Waals surface area contributed by atoms with Crippen molar-refractivity contribution in [3.63, 3.8) is 0 Å². The van der Waals surface area contributed by atoms with Crippen molar-refractivity contribution in [3.05, 3.63) is 0 Å². The standard InChI is InChI=1S/C13H25F2N3O/c1-16-13(19)12(3-6-14)18(10-7-15)11-4-8-17(2)9-5-11/h11-12H,3-10H2,1-2H3,(H,16,19)/t12-/m0/s1. The van der Waals surface area contributed by atoms with E-state index in [2.05, 4.69) is 10.2 Å². The van der Waals surface area contributed by atoms with Gasteiger partial charge in [-0.15, -0.1) is 0 Å². The molecule has 1 amide bonds. The number of nitrogens with one attached hydrogen (secondary N) is 1. The molecule has 1 saturated heterocycles. The van der Waals surface area contributed by atoms with Crippen LogP contribution in [-0.4, -0.2) is 74.9 Å². The monoisotopic (exact) mass is 277 g/mol. The molecule has 1 N–H and O–H groups in total. The topological polar surface area (TPSA) is 35.6 Å². The summed E-state index contributed by atoms with van der Waals surface area (Å²) in [6.07, 6.45) is 1.93. The number of hydrogen-bond acceptors (Lipinski definition) is 3. The Labute approximate surface area is 114 Å². The van der Waals surface area contributed by atoms with Crippen LogP contribution in [0.5, 0.6) is 0 Å². The molecule has 0 aromatic rings. The van der Waals surface area contributed by atoms with Crippen LogP contribution in [0.3, 0.4) is 0 Å². The van der Waals surface area contributed by atoms with E-state index in [1.54, 1.807) is 0 Å². The summed E-state index contributed by atoms with van der Waals surface area (Å²) in [5.74, 6) is -0.218. The van der Waals surface area contributed by atoms with Crippen molar-refractivity contribution in [2.24, 2.45) is 0 Å². The van der Waals surface area contributed by atoms with Crippen LogP contribution in [0.15, 0.2) is 0 Å². The molecule has 0 unspecified atom stereocenters. The van der Waals surface area contributed by atoms with Gasteiger partial charge >= 0.3 is 0 Å². The van der Waals surface area contributed by atoms with Gasteiger partial charge in [-0.3, -0.25) is 14.1 Å². The average Bonchev–Trinajstić information content (AvgIpc) is 2.43. The lowest BCUT2D eigenvalue weighted by atomic mass is 10.00. The number of piperidine rings is 1. The van der Waals surface area contributed by atoms with E-state index in [9.17, 15) is 13.6 Å². The van der Waals surface area contributed by atoms with Gasteiger partial charge in [0.05, 0.1) is 12.7 Å². The second-order valence-electron chi connectivity index (χ2n) is 5.07. The summed E-state index contributed by atoms with van der Waals surface area (Å²) in [7, 11) is 3.59. The molecular weight excluding hydrogens is 252 g/mol. The zero-order chi connectivity index (χ0) is 14.3. The molecule has 1 atom stereocenters. The van der Waals surface area contributed by atoms with Crippen LogP contribution in [0.4, 0.5) is 8.78 Å². The number of likely N-dealkylation sites (tertiary alicyclic amines) is 1. The number of carbonyl (C=O) groups is 1. The molecule has 1 heterocycles. The van der Waals surface area contributed by atoms with E-state index < -0.39 is 19.4 Å². The molecule has 1 rings (SSSR count). The van der Waals surface area contributed by atoms with Gasteiger partial charge in [-0.1, -0.05) is 0 Å². The first-order chi connectivity index (χ1) is 9.13. The zero-order valence-electron chi connectivity index (χ0n) is 11.9. The van der Waals surface area contributed by atoms with Crippen LogP contribution >= 0.6 is 0 Å². The van der Waals surface area contributed by atoms with Crippen molar-refractivity contribution in [1.29, 1.82) is 0 Å². The average molecular weight is 277 g/mol. The second-order valence-corrected chi connectivity index (χ2v) is 5.07. The van der Waals surface area contributed by atoms with Crippen molar-refractivity contribution in [2.45, 2.75) is 31.3 Å². The number of alkyl halides is 2. The molecule has 0 bridgehead atoms. The second kappa shape index (κ2) is 8.43. The first kappa shape index (κ1) is 16.3. The maximum absolute atomic E-state index is 12.8. The number of amides is 1. The highest BCUT2D eigenvalue weighted by Crippen LogP contribution is 2.20. The van der Waals surface area contributed by atoms with Gasteiger partial charge in [-0.2, -0.15) is 0 Å². The van der Waals surface area contributed by atoms with Gasteiger partial charge in [-0.05, 0) is 33.0 Å². The third-order valence-corrected chi connectivity index (χ3v) is 3.83. The van der Waals surface area contributed by atoms with Crippen LogP contribution in [0.25, 0.3) is 0 Å². The Morgan fingerprint density at radius 1 is 1.37 bits per heavy atom. The van der Waals surface area contributed by atoms with Crippen LogP contribution in [0.2, 0.25) is 0 Å². The lowest BCUT2D eigenvalue weighted by Crippen LogP contribution is -2.54. The molecular formula is C13H25F2N3O. The van der Waals surface area contributed by atoms with Crippen LogP contribution < -0.4 is 5.32 Å². The number of hydrogen-bond donors (Lipinski definition) is 1. The third kappa shape index (κ3) is 4.69. The molecule has 0 radical (unpaired) electrons. The van der Waals surface area contributed by atoms with Crippen LogP contribution in [0.1, 0.15) is 19.3 Å². The van der Waals surface area contributed by atoms with E-state index in [4.69, 9.17) is 0 Å². The predicted octanol–water partition coefficient (Wildman–Crippen LogP) is 0.826. The molecule has 1 aliphatic heterocycles. The highest BCUT2D eigenvalue weighted by Gasteiger charge is 2.32. The maximum atomic E-state index is 12.8. The highest BCUT2D eigenvalue weighted by molar-refractivity contribution is 5.81. The summed E-state index contributed by atoms with van der Waals surface area (Å²) in [4.78, 5) is 15.9. The summed E-state index contributed by atoms with van der Waals surface area (Å²) < 4.78 is 25.4. The molecule has 0 aliphatic carbocycles. The van der Waals surface area contributed by atoms with Gasteiger partial charge in [0.1, 0.15) is 6.67 Å². The van der Waals surface area contributed by atoms with Gasteiger partial charge in [0.2, 0.25) is 5.91 Å². The molecule has 4 nitrogen and oxygen atoms in total. The van der Waals surface area contributed by atoms with Crippen molar-refractivity contribution in [2.75, 3.05) is 47.1 Å². The summed E-state index contributed by atoms with van der Waals surface area (Å²) in [5.41, 5.74) is 0. The third-order valence-electron chi connectivity index (χ3n) is 3.83. The van der Waals surface area contributed by atoms with E-state index >= 15 is 0 Å². The molecule has 6 heteroatoms. The Hall–Kier alpha value is -0.750. The minimum absolute atomic E-state index is 0.131. The van der Waals surface area contributed by atoms with Gasteiger partial charge in [0.15, 0.2) is 0 Å². The lowest BCUT2D eigenvalue weighted by Gasteiger charge is -2.40. The quantitative estimate of drug-likeness (QED) is 0.748. The van der Waals surface area contributed by atoms with Gasteiger partial charge in [0.25, 0.3) is 0 Å². The fraction of sp³-hybridized carbons (Fsp3) is 0.923. The summed E-state index contributed by atoms with van der Waals surface area (Å²) in [5, 5.41) is 2.56. The Morgan fingerprint density at radius 2 is 2.00 bits per heavy atom. The van der Waals surface area contributed by atoms with Crippen molar-refractivity contribution in [1.82, 2.24) is 15.1 Å². The summed E-state index contributed by atoms with van der Waals surface area (Å²) >= 11 is 0. The molecule has 19 heavy (non-hydrogen) atoms.